The van der Waals surface area contributed by atoms with Crippen LogP contribution < -0.4 is 0 Å². The second-order valence-electron chi connectivity index (χ2n) is 3.01. The second kappa shape index (κ2) is 5.53. The summed E-state index contributed by atoms with van der Waals surface area (Å²) in [5, 5.41) is 0. The number of rotatable bonds is 4. The predicted octanol–water partition coefficient (Wildman–Crippen LogP) is 3.18. The molecule has 0 radical (unpaired) electrons. The van der Waals surface area contributed by atoms with Crippen LogP contribution in [0.4, 0.5) is 0 Å². The molecule has 0 unspecified atom stereocenters. The van der Waals surface area contributed by atoms with Crippen LogP contribution in [0, 0.1) is 0 Å². The molecule has 0 spiro atoms. The Morgan fingerprint density at radius 3 is 2.43 bits per heavy atom. The maximum atomic E-state index is 5.51. The highest BCUT2D eigenvalue weighted by molar-refractivity contribution is 5.36. The fraction of sp³-hybridized carbons (Fsp3) is 0.500. The van der Waals surface area contributed by atoms with Gasteiger partial charge >= 0.3 is 0 Å². The highest BCUT2D eigenvalue weighted by atomic mass is 16.5. The Labute approximate surface area is 85.9 Å². The van der Waals surface area contributed by atoms with Crippen LogP contribution in [-0.4, -0.2) is 13.2 Å². The molecule has 14 heavy (non-hydrogen) atoms. The summed E-state index contributed by atoms with van der Waals surface area (Å²) in [5.41, 5.74) is 1.27. The van der Waals surface area contributed by atoms with E-state index in [0.29, 0.717) is 13.2 Å². The minimum absolute atomic E-state index is 0.674. The van der Waals surface area contributed by atoms with Crippen molar-refractivity contribution in [2.75, 3.05) is 13.2 Å². The summed E-state index contributed by atoms with van der Waals surface area (Å²) in [7, 11) is 0. The molecule has 1 rings (SSSR count). The van der Waals surface area contributed by atoms with Gasteiger partial charge in [-0.3, -0.25) is 0 Å². The summed E-state index contributed by atoms with van der Waals surface area (Å²) in [4.78, 5) is 0. The average Bonchev–Trinajstić information content (AvgIpc) is 2.21. The SMILES string of the molecule is CC=C1C=C(OCC)C(OCC)=CC1. The first-order valence-corrected chi connectivity index (χ1v) is 5.14. The van der Waals surface area contributed by atoms with Gasteiger partial charge in [0.05, 0.1) is 13.2 Å². The van der Waals surface area contributed by atoms with Crippen LogP contribution in [0.3, 0.4) is 0 Å². The lowest BCUT2D eigenvalue weighted by atomic mass is 10.1. The monoisotopic (exact) mass is 194 g/mol. The first-order valence-electron chi connectivity index (χ1n) is 5.14. The lowest BCUT2D eigenvalue weighted by molar-refractivity contribution is 0.163. The third-order valence-electron chi connectivity index (χ3n) is 2.05. The Kier molecular flexibility index (Phi) is 4.30. The van der Waals surface area contributed by atoms with E-state index in [0.717, 1.165) is 17.9 Å². The van der Waals surface area contributed by atoms with Gasteiger partial charge in [-0.2, -0.15) is 0 Å². The topological polar surface area (TPSA) is 18.5 Å². The summed E-state index contributed by atoms with van der Waals surface area (Å²) >= 11 is 0. The van der Waals surface area contributed by atoms with Crippen molar-refractivity contribution in [2.45, 2.75) is 27.2 Å². The zero-order valence-corrected chi connectivity index (χ0v) is 9.17. The summed E-state index contributed by atoms with van der Waals surface area (Å²) < 4.78 is 11.0. The lowest BCUT2D eigenvalue weighted by Gasteiger charge is -2.17. The number of ether oxygens (including phenoxy) is 2. The van der Waals surface area contributed by atoms with Gasteiger partial charge in [0.1, 0.15) is 0 Å². The highest BCUT2D eigenvalue weighted by Crippen LogP contribution is 2.24. The quantitative estimate of drug-likeness (QED) is 0.684. The molecule has 0 aromatic rings. The van der Waals surface area contributed by atoms with E-state index in [1.54, 1.807) is 0 Å². The molecule has 1 aliphatic carbocycles. The van der Waals surface area contributed by atoms with Crippen LogP contribution in [0.1, 0.15) is 27.2 Å². The predicted molar refractivity (Wildman–Crippen MR) is 57.8 cm³/mol. The molecule has 0 atom stereocenters. The summed E-state index contributed by atoms with van der Waals surface area (Å²) in [6.07, 6.45) is 7.15. The molecular weight excluding hydrogens is 176 g/mol. The summed E-state index contributed by atoms with van der Waals surface area (Å²) in [5.74, 6) is 1.73. The molecule has 0 amide bonds. The zero-order valence-electron chi connectivity index (χ0n) is 9.17. The molecule has 0 aromatic heterocycles. The van der Waals surface area contributed by atoms with Crippen molar-refractivity contribution in [3.8, 4) is 0 Å². The van der Waals surface area contributed by atoms with Crippen LogP contribution in [0.25, 0.3) is 0 Å². The smallest absolute Gasteiger partial charge is 0.161 e. The lowest BCUT2D eigenvalue weighted by Crippen LogP contribution is -2.04. The molecule has 0 aromatic carbocycles. The summed E-state index contributed by atoms with van der Waals surface area (Å²) in [6, 6.07) is 0. The molecule has 1 aliphatic rings. The van der Waals surface area contributed by atoms with Gasteiger partial charge in [-0.05, 0) is 44.9 Å². The van der Waals surface area contributed by atoms with Gasteiger partial charge < -0.3 is 9.47 Å². The third kappa shape index (κ3) is 2.66. The molecule has 2 heteroatoms. The molecule has 0 bridgehead atoms. The van der Waals surface area contributed by atoms with E-state index in [1.165, 1.54) is 5.57 Å². The largest absolute Gasteiger partial charge is 0.490 e. The fourth-order valence-corrected chi connectivity index (χ4v) is 1.36. The van der Waals surface area contributed by atoms with E-state index >= 15 is 0 Å². The Morgan fingerprint density at radius 1 is 1.21 bits per heavy atom. The molecule has 0 fully saturated rings. The Bertz CT molecular complexity index is 272. The van der Waals surface area contributed by atoms with Gasteiger partial charge in [-0.25, -0.2) is 0 Å². The average molecular weight is 194 g/mol. The molecule has 2 nitrogen and oxygen atoms in total. The van der Waals surface area contributed by atoms with Crippen LogP contribution in [-0.2, 0) is 9.47 Å². The minimum Gasteiger partial charge on any atom is -0.490 e. The first-order chi connectivity index (χ1) is 6.81. The highest BCUT2D eigenvalue weighted by Gasteiger charge is 2.12. The zero-order chi connectivity index (χ0) is 10.4. The van der Waals surface area contributed by atoms with Crippen LogP contribution in [0.2, 0.25) is 0 Å². The Morgan fingerprint density at radius 2 is 1.86 bits per heavy atom. The van der Waals surface area contributed by atoms with E-state index < -0.39 is 0 Å². The first kappa shape index (κ1) is 10.9. The van der Waals surface area contributed by atoms with Crippen molar-refractivity contribution in [3.63, 3.8) is 0 Å². The van der Waals surface area contributed by atoms with Crippen molar-refractivity contribution in [1.29, 1.82) is 0 Å². The van der Waals surface area contributed by atoms with E-state index in [1.807, 2.05) is 20.8 Å². The van der Waals surface area contributed by atoms with E-state index in [4.69, 9.17) is 9.47 Å². The maximum absolute atomic E-state index is 5.51. The third-order valence-corrected chi connectivity index (χ3v) is 2.05. The second-order valence-corrected chi connectivity index (χ2v) is 3.01. The van der Waals surface area contributed by atoms with Gasteiger partial charge in [0, 0.05) is 0 Å². The molecule has 0 saturated carbocycles. The summed E-state index contributed by atoms with van der Waals surface area (Å²) in [6.45, 7) is 7.35. The number of hydrogen-bond acceptors (Lipinski definition) is 2. The Hall–Kier alpha value is -1.18. The van der Waals surface area contributed by atoms with E-state index in [9.17, 15) is 0 Å². The van der Waals surface area contributed by atoms with Crippen LogP contribution >= 0.6 is 0 Å². The maximum Gasteiger partial charge on any atom is 0.161 e. The van der Waals surface area contributed by atoms with Crippen LogP contribution in [0.5, 0.6) is 0 Å². The molecule has 0 heterocycles. The molecule has 0 saturated heterocycles. The van der Waals surface area contributed by atoms with Crippen molar-refractivity contribution >= 4 is 0 Å². The van der Waals surface area contributed by atoms with Crippen molar-refractivity contribution in [1.82, 2.24) is 0 Å². The van der Waals surface area contributed by atoms with Gasteiger partial charge in [0.25, 0.3) is 0 Å². The number of hydrogen-bond donors (Lipinski definition) is 0. The minimum atomic E-state index is 0.674. The standard InChI is InChI=1S/C12H18O2/c1-4-10-7-8-11(13-5-2)12(9-10)14-6-3/h4,8-9H,5-7H2,1-3H3. The molecule has 0 N–H and O–H groups in total. The normalized spacial score (nSPS) is 18.9. The number of allylic oxidation sites excluding steroid dienone is 4. The van der Waals surface area contributed by atoms with Gasteiger partial charge in [0.15, 0.2) is 11.5 Å². The van der Waals surface area contributed by atoms with Crippen LogP contribution in [0.15, 0.2) is 35.3 Å². The molecular formula is C12H18O2. The van der Waals surface area contributed by atoms with E-state index in [-0.39, 0.29) is 0 Å². The molecule has 0 aliphatic heterocycles. The fourth-order valence-electron chi connectivity index (χ4n) is 1.36. The Balaban J connectivity index is 2.77. The van der Waals surface area contributed by atoms with Gasteiger partial charge in [-0.15, -0.1) is 0 Å². The van der Waals surface area contributed by atoms with Gasteiger partial charge in [0.2, 0.25) is 0 Å². The van der Waals surface area contributed by atoms with Crippen molar-refractivity contribution in [2.24, 2.45) is 0 Å². The van der Waals surface area contributed by atoms with Gasteiger partial charge in [-0.1, -0.05) is 6.08 Å². The van der Waals surface area contributed by atoms with Crippen molar-refractivity contribution < 1.29 is 9.47 Å². The van der Waals surface area contributed by atoms with Crippen molar-refractivity contribution in [3.05, 3.63) is 35.3 Å². The van der Waals surface area contributed by atoms with E-state index in [2.05, 4.69) is 18.2 Å². The molecule has 78 valence electrons.